The third-order valence-corrected chi connectivity index (χ3v) is 6.59. The first-order valence-electron chi connectivity index (χ1n) is 10.8. The molecule has 0 bridgehead atoms. The van der Waals surface area contributed by atoms with Gasteiger partial charge in [-0.1, -0.05) is 38.8 Å². The number of benzene rings is 2. The number of nitro groups is 1. The monoisotopic (exact) mass is 437 g/mol. The summed E-state index contributed by atoms with van der Waals surface area (Å²) in [7, 11) is 0. The lowest BCUT2D eigenvalue weighted by Crippen LogP contribution is -2.20. The summed E-state index contributed by atoms with van der Waals surface area (Å²) in [5.74, 6) is 0.688. The second-order valence-electron chi connectivity index (χ2n) is 8.58. The average Bonchev–Trinajstić information content (AvgIpc) is 3.14. The van der Waals surface area contributed by atoms with Crippen LogP contribution in [-0.2, 0) is 0 Å². The van der Waals surface area contributed by atoms with Crippen molar-refractivity contribution in [3.05, 3.63) is 73.9 Å². The fraction of sp³-hybridized carbons (Fsp3) is 0.400. The lowest BCUT2D eigenvalue weighted by molar-refractivity contribution is -0.384. The second-order valence-corrected chi connectivity index (χ2v) is 9.42. The number of non-ortho nitro benzene ring substituents is 1. The fourth-order valence-corrected chi connectivity index (χ4v) is 4.71. The molecule has 0 saturated carbocycles. The van der Waals surface area contributed by atoms with Crippen molar-refractivity contribution in [1.29, 1.82) is 0 Å². The average molecular weight is 438 g/mol. The van der Waals surface area contributed by atoms with Crippen LogP contribution in [0.1, 0.15) is 57.2 Å². The summed E-state index contributed by atoms with van der Waals surface area (Å²) in [5, 5.41) is 13.2. The number of thiazole rings is 1. The van der Waals surface area contributed by atoms with Crippen molar-refractivity contribution < 1.29 is 4.92 Å². The van der Waals surface area contributed by atoms with Crippen LogP contribution in [0.25, 0.3) is 11.3 Å². The normalized spacial score (nSPS) is 13.0. The van der Waals surface area contributed by atoms with Crippen LogP contribution >= 0.6 is 11.3 Å². The molecule has 0 fully saturated rings. The van der Waals surface area contributed by atoms with Crippen LogP contribution in [0.3, 0.4) is 0 Å². The van der Waals surface area contributed by atoms with Gasteiger partial charge in [-0.2, -0.15) is 0 Å². The fourth-order valence-electron chi connectivity index (χ4n) is 3.70. The molecule has 0 aliphatic carbocycles. The van der Waals surface area contributed by atoms with Crippen LogP contribution in [-0.4, -0.2) is 9.49 Å². The van der Waals surface area contributed by atoms with E-state index in [-0.39, 0.29) is 16.7 Å². The Bertz CT molecular complexity index is 1110. The van der Waals surface area contributed by atoms with E-state index < -0.39 is 0 Å². The minimum Gasteiger partial charge on any atom is -0.314 e. The third kappa shape index (κ3) is 5.50. The van der Waals surface area contributed by atoms with Crippen molar-refractivity contribution in [2.75, 3.05) is 0 Å². The molecule has 1 heterocycles. The molecule has 1 atom stereocenters. The Morgan fingerprint density at radius 2 is 1.77 bits per heavy atom. The first-order chi connectivity index (χ1) is 14.8. The molecule has 3 rings (SSSR count). The Labute approximate surface area is 188 Å². The van der Waals surface area contributed by atoms with E-state index in [1.807, 2.05) is 18.2 Å². The maximum absolute atomic E-state index is 11.1. The lowest BCUT2D eigenvalue weighted by Gasteiger charge is -2.18. The topological polar surface area (TPSA) is 60.4 Å². The predicted octanol–water partition coefficient (Wildman–Crippen LogP) is 7.36. The number of aromatic nitrogens is 1. The molecule has 2 aromatic carbocycles. The molecule has 0 amide bonds. The van der Waals surface area contributed by atoms with Gasteiger partial charge in [0.1, 0.15) is 0 Å². The molecule has 1 unspecified atom stereocenters. The van der Waals surface area contributed by atoms with E-state index in [2.05, 4.69) is 56.7 Å². The van der Waals surface area contributed by atoms with Gasteiger partial charge in [0, 0.05) is 23.6 Å². The van der Waals surface area contributed by atoms with Crippen molar-refractivity contribution in [3.63, 3.8) is 0 Å². The molecular formula is C25H31N3O2S. The van der Waals surface area contributed by atoms with Gasteiger partial charge in [0.2, 0.25) is 0 Å². The van der Waals surface area contributed by atoms with Gasteiger partial charge in [-0.15, -0.1) is 11.3 Å². The number of rotatable bonds is 8. The Morgan fingerprint density at radius 1 is 1.06 bits per heavy atom. The van der Waals surface area contributed by atoms with Crippen LogP contribution in [0, 0.1) is 29.9 Å². The minimum absolute atomic E-state index is 0.107. The zero-order valence-electron chi connectivity index (χ0n) is 19.0. The molecule has 5 nitrogen and oxygen atoms in total. The quantitative estimate of drug-likeness (QED) is 0.273. The summed E-state index contributed by atoms with van der Waals surface area (Å²) in [6, 6.07) is 13.3. The maximum atomic E-state index is 11.1. The molecule has 0 spiro atoms. The third-order valence-electron chi connectivity index (χ3n) is 5.75. The molecule has 164 valence electrons. The van der Waals surface area contributed by atoms with Gasteiger partial charge in [0.25, 0.3) is 5.69 Å². The number of nitro benzene ring substituents is 1. The van der Waals surface area contributed by atoms with E-state index in [0.717, 1.165) is 34.6 Å². The first kappa shape index (κ1) is 22.9. The van der Waals surface area contributed by atoms with E-state index in [4.69, 9.17) is 4.99 Å². The summed E-state index contributed by atoms with van der Waals surface area (Å²) >= 11 is 1.62. The van der Waals surface area contributed by atoms with Gasteiger partial charge in [-0.25, -0.2) is 4.99 Å². The largest absolute Gasteiger partial charge is 0.314 e. The van der Waals surface area contributed by atoms with Crippen LogP contribution in [0.4, 0.5) is 11.4 Å². The molecule has 0 aliphatic heterocycles. The first-order valence-corrected chi connectivity index (χ1v) is 11.7. The molecule has 3 aromatic rings. The smallest absolute Gasteiger partial charge is 0.269 e. The number of hydrogen-bond donors (Lipinski definition) is 0. The van der Waals surface area contributed by atoms with Gasteiger partial charge in [0.05, 0.1) is 16.3 Å². The molecule has 0 radical (unpaired) electrons. The standard InChI is InChI=1S/C25H31N3O2S/c1-17(2)8-6-10-19(4)27-24(21-12-14-22(15-13-21)28(29)30)16-31-25(27)26-23-11-7-9-18(3)20(23)5/h7,9,11-17,19H,6,8,10H2,1-5H3. The summed E-state index contributed by atoms with van der Waals surface area (Å²) in [6.07, 6.45) is 3.42. The van der Waals surface area contributed by atoms with Crippen molar-refractivity contribution in [2.24, 2.45) is 10.9 Å². The summed E-state index contributed by atoms with van der Waals surface area (Å²) < 4.78 is 2.30. The lowest BCUT2D eigenvalue weighted by atomic mass is 10.0. The van der Waals surface area contributed by atoms with Gasteiger partial charge in [-0.3, -0.25) is 10.1 Å². The second kappa shape index (κ2) is 10.1. The highest BCUT2D eigenvalue weighted by Crippen LogP contribution is 2.28. The van der Waals surface area contributed by atoms with Crippen molar-refractivity contribution in [1.82, 2.24) is 4.57 Å². The van der Waals surface area contributed by atoms with E-state index in [1.165, 1.54) is 17.5 Å². The molecule has 6 heteroatoms. The molecule has 0 N–H and O–H groups in total. The Kier molecular flexibility index (Phi) is 7.44. The minimum atomic E-state index is -0.360. The highest BCUT2D eigenvalue weighted by Gasteiger charge is 2.16. The molecule has 0 saturated heterocycles. The van der Waals surface area contributed by atoms with Gasteiger partial charge >= 0.3 is 0 Å². The van der Waals surface area contributed by atoms with Crippen LogP contribution in [0.2, 0.25) is 0 Å². The van der Waals surface area contributed by atoms with E-state index in [1.54, 1.807) is 23.5 Å². The highest BCUT2D eigenvalue weighted by molar-refractivity contribution is 7.07. The maximum Gasteiger partial charge on any atom is 0.269 e. The van der Waals surface area contributed by atoms with Gasteiger partial charge in [0.15, 0.2) is 4.80 Å². The summed E-state index contributed by atoms with van der Waals surface area (Å²) in [5.41, 5.74) is 5.54. The van der Waals surface area contributed by atoms with Gasteiger partial charge < -0.3 is 4.57 Å². The summed E-state index contributed by atoms with van der Waals surface area (Å²) in [4.78, 5) is 16.7. The number of hydrogen-bond acceptors (Lipinski definition) is 4. The SMILES string of the molecule is Cc1cccc(N=c2scc(-c3ccc([N+](=O)[O-])cc3)n2C(C)CCCC(C)C)c1C. The van der Waals surface area contributed by atoms with Crippen molar-refractivity contribution >= 4 is 22.7 Å². The number of nitrogens with zero attached hydrogens (tertiary/aromatic N) is 3. The van der Waals surface area contributed by atoms with E-state index in [0.29, 0.717) is 5.92 Å². The van der Waals surface area contributed by atoms with E-state index >= 15 is 0 Å². The molecule has 1 aromatic heterocycles. The van der Waals surface area contributed by atoms with Gasteiger partial charge in [-0.05, 0) is 68.0 Å². The molecular weight excluding hydrogens is 406 g/mol. The summed E-state index contributed by atoms with van der Waals surface area (Å²) in [6.45, 7) is 11.0. The zero-order chi connectivity index (χ0) is 22.5. The van der Waals surface area contributed by atoms with Crippen LogP contribution < -0.4 is 4.80 Å². The Hall–Kier alpha value is -2.73. The Balaban J connectivity index is 2.08. The number of aryl methyl sites for hydroxylation is 1. The highest BCUT2D eigenvalue weighted by atomic mass is 32.1. The van der Waals surface area contributed by atoms with Crippen LogP contribution in [0.5, 0.6) is 0 Å². The van der Waals surface area contributed by atoms with Crippen LogP contribution in [0.15, 0.2) is 52.8 Å². The van der Waals surface area contributed by atoms with Crippen molar-refractivity contribution in [2.45, 2.75) is 59.9 Å². The Morgan fingerprint density at radius 3 is 2.42 bits per heavy atom. The molecule has 0 aliphatic rings. The zero-order valence-corrected chi connectivity index (χ0v) is 19.8. The van der Waals surface area contributed by atoms with E-state index in [9.17, 15) is 10.1 Å². The van der Waals surface area contributed by atoms with Crippen molar-refractivity contribution in [3.8, 4) is 11.3 Å². The predicted molar refractivity (Wildman–Crippen MR) is 129 cm³/mol. The molecule has 31 heavy (non-hydrogen) atoms.